The van der Waals surface area contributed by atoms with Crippen molar-refractivity contribution in [3.63, 3.8) is 0 Å². The van der Waals surface area contributed by atoms with Crippen LogP contribution < -0.4 is 16.3 Å². The summed E-state index contributed by atoms with van der Waals surface area (Å²) in [5.74, 6) is 0.419. The van der Waals surface area contributed by atoms with Crippen LogP contribution in [0.5, 0.6) is 0 Å². The number of alkyl halides is 3. The van der Waals surface area contributed by atoms with Crippen LogP contribution in [0.1, 0.15) is 11.1 Å². The standard InChI is InChI=1S/C19H21F3N6O3S/c1-32(30,31)27-10-18(29,11-27)12-28-25-17(24-26-28)15-4-2-3-5-16(15)23-14-8-6-13(7-9-14)19(20,21)22/h2-9,23,26,29H,10-12H2,1H3,(H,24,25). The molecule has 2 aromatic carbocycles. The number of rotatable bonds is 6. The highest BCUT2D eigenvalue weighted by molar-refractivity contribution is 7.88. The molecule has 4 rings (SSSR count). The van der Waals surface area contributed by atoms with E-state index in [1.54, 1.807) is 24.3 Å². The molecule has 172 valence electrons. The summed E-state index contributed by atoms with van der Waals surface area (Å²) in [6.45, 7) is 0.0285. The van der Waals surface area contributed by atoms with Gasteiger partial charge in [-0.25, -0.2) is 14.0 Å². The Balaban J connectivity index is 1.41. The van der Waals surface area contributed by atoms with Crippen LogP contribution >= 0.6 is 0 Å². The number of nitrogens with zero attached hydrogens (tertiary/aromatic N) is 3. The zero-order valence-electron chi connectivity index (χ0n) is 16.9. The van der Waals surface area contributed by atoms with Crippen LogP contribution in [0.3, 0.4) is 0 Å². The number of sulfonamides is 1. The van der Waals surface area contributed by atoms with Crippen molar-refractivity contribution >= 4 is 27.2 Å². The van der Waals surface area contributed by atoms with E-state index in [-0.39, 0.29) is 19.6 Å². The van der Waals surface area contributed by atoms with Gasteiger partial charge in [0.1, 0.15) is 5.60 Å². The minimum absolute atomic E-state index is 0.0207. The zero-order valence-corrected chi connectivity index (χ0v) is 17.7. The minimum atomic E-state index is -4.41. The molecule has 0 amide bonds. The highest BCUT2D eigenvalue weighted by Crippen LogP contribution is 2.31. The van der Waals surface area contributed by atoms with Crippen LogP contribution in [-0.4, -0.2) is 60.3 Å². The van der Waals surface area contributed by atoms with Crippen LogP contribution in [0.15, 0.2) is 53.6 Å². The summed E-state index contributed by atoms with van der Waals surface area (Å²) in [5.41, 5.74) is 5.47. The van der Waals surface area contributed by atoms with Crippen LogP contribution in [0.2, 0.25) is 0 Å². The lowest BCUT2D eigenvalue weighted by Crippen LogP contribution is -2.68. The van der Waals surface area contributed by atoms with E-state index < -0.39 is 27.4 Å². The van der Waals surface area contributed by atoms with Gasteiger partial charge in [-0.15, -0.1) is 10.2 Å². The number of hydrazine groups is 2. The average Bonchev–Trinajstić information content (AvgIpc) is 3.13. The zero-order chi connectivity index (χ0) is 23.1. The van der Waals surface area contributed by atoms with Crippen molar-refractivity contribution in [2.75, 3.05) is 31.2 Å². The van der Waals surface area contributed by atoms with Crippen molar-refractivity contribution in [1.82, 2.24) is 20.4 Å². The molecule has 1 fully saturated rings. The topological polar surface area (TPSA) is 109 Å². The van der Waals surface area contributed by atoms with Gasteiger partial charge in [0.15, 0.2) is 5.84 Å². The molecule has 2 aliphatic rings. The summed E-state index contributed by atoms with van der Waals surface area (Å²) in [7, 11) is -3.36. The number of β-amino-alcohol motifs (C(OH)–C–C–N with tert-alkyl or cyclic N) is 1. The van der Waals surface area contributed by atoms with E-state index in [4.69, 9.17) is 0 Å². The maximum atomic E-state index is 12.8. The van der Waals surface area contributed by atoms with E-state index in [2.05, 4.69) is 21.4 Å². The van der Waals surface area contributed by atoms with Crippen LogP contribution in [0, 0.1) is 0 Å². The lowest BCUT2D eigenvalue weighted by atomic mass is 9.97. The Kier molecular flexibility index (Phi) is 5.53. The second-order valence-corrected chi connectivity index (χ2v) is 9.74. The maximum Gasteiger partial charge on any atom is 0.416 e. The molecule has 0 spiro atoms. The molecule has 1 saturated heterocycles. The lowest BCUT2D eigenvalue weighted by Gasteiger charge is -2.45. The Labute approximate surface area is 182 Å². The van der Waals surface area contributed by atoms with Gasteiger partial charge in [-0.05, 0) is 36.4 Å². The number of anilines is 2. The molecule has 2 heterocycles. The second kappa shape index (κ2) is 7.92. The molecule has 13 heteroatoms. The van der Waals surface area contributed by atoms with Gasteiger partial charge >= 0.3 is 6.18 Å². The van der Waals surface area contributed by atoms with Crippen LogP contribution in [0.25, 0.3) is 0 Å². The number of para-hydroxylation sites is 1. The van der Waals surface area contributed by atoms with E-state index >= 15 is 0 Å². The molecular weight excluding hydrogens is 449 g/mol. The molecule has 2 aromatic rings. The maximum absolute atomic E-state index is 12.8. The monoisotopic (exact) mass is 470 g/mol. The number of amidine groups is 1. The number of hydrogen-bond acceptors (Lipinski definition) is 8. The lowest BCUT2D eigenvalue weighted by molar-refractivity contribution is -0.137. The molecule has 0 aliphatic carbocycles. The quantitative estimate of drug-likeness (QED) is 0.506. The second-order valence-electron chi connectivity index (χ2n) is 7.76. The predicted molar refractivity (Wildman–Crippen MR) is 112 cm³/mol. The number of benzene rings is 2. The minimum Gasteiger partial charge on any atom is -0.386 e. The van der Waals surface area contributed by atoms with Gasteiger partial charge in [0.2, 0.25) is 10.0 Å². The van der Waals surface area contributed by atoms with E-state index in [0.717, 1.165) is 18.4 Å². The first kappa shape index (κ1) is 22.3. The molecule has 32 heavy (non-hydrogen) atoms. The van der Waals surface area contributed by atoms with Gasteiger partial charge in [0.25, 0.3) is 0 Å². The third kappa shape index (κ3) is 4.80. The molecule has 9 nitrogen and oxygen atoms in total. The van der Waals surface area contributed by atoms with Crippen molar-refractivity contribution in [3.05, 3.63) is 59.7 Å². The van der Waals surface area contributed by atoms with E-state index in [0.29, 0.717) is 22.8 Å². The molecule has 0 radical (unpaired) electrons. The Morgan fingerprint density at radius 2 is 1.81 bits per heavy atom. The molecule has 0 bridgehead atoms. The molecular formula is C19H21F3N6O3S. The largest absolute Gasteiger partial charge is 0.416 e. The Morgan fingerprint density at radius 1 is 1.16 bits per heavy atom. The van der Waals surface area contributed by atoms with Gasteiger partial charge in [-0.1, -0.05) is 12.1 Å². The summed E-state index contributed by atoms with van der Waals surface area (Å²) in [4.78, 5) is 0. The molecule has 0 unspecified atom stereocenters. The molecule has 0 saturated carbocycles. The van der Waals surface area contributed by atoms with Gasteiger partial charge in [0, 0.05) is 30.0 Å². The van der Waals surface area contributed by atoms with Gasteiger partial charge in [-0.2, -0.15) is 17.5 Å². The fraction of sp³-hybridized carbons (Fsp3) is 0.316. The number of aliphatic hydroxyl groups is 1. The molecule has 0 aromatic heterocycles. The number of hydrazone groups is 1. The highest BCUT2D eigenvalue weighted by atomic mass is 32.2. The first-order valence-electron chi connectivity index (χ1n) is 9.52. The van der Waals surface area contributed by atoms with Gasteiger partial charge < -0.3 is 10.4 Å². The van der Waals surface area contributed by atoms with Crippen molar-refractivity contribution in [3.8, 4) is 0 Å². The van der Waals surface area contributed by atoms with Crippen LogP contribution in [-0.2, 0) is 16.2 Å². The first-order valence-corrected chi connectivity index (χ1v) is 11.4. The molecule has 2 aliphatic heterocycles. The average molecular weight is 470 g/mol. The fourth-order valence-electron chi connectivity index (χ4n) is 3.42. The van der Waals surface area contributed by atoms with E-state index in [1.165, 1.54) is 21.6 Å². The summed E-state index contributed by atoms with van der Waals surface area (Å²) >= 11 is 0. The summed E-state index contributed by atoms with van der Waals surface area (Å²) < 4.78 is 62.5. The van der Waals surface area contributed by atoms with E-state index in [9.17, 15) is 26.7 Å². The molecule has 0 atom stereocenters. The van der Waals surface area contributed by atoms with Crippen molar-refractivity contribution < 1.29 is 26.7 Å². The fourth-order valence-corrected chi connectivity index (χ4v) is 4.37. The Hall–Kier alpha value is -2.87. The smallest absolute Gasteiger partial charge is 0.386 e. The van der Waals surface area contributed by atoms with Crippen molar-refractivity contribution in [1.29, 1.82) is 0 Å². The Bertz CT molecular complexity index is 1130. The summed E-state index contributed by atoms with van der Waals surface area (Å²) in [5, 5.41) is 19.2. The Morgan fingerprint density at radius 3 is 2.44 bits per heavy atom. The third-order valence-electron chi connectivity index (χ3n) is 5.06. The molecule has 4 N–H and O–H groups in total. The normalized spacial score (nSPS) is 19.0. The van der Waals surface area contributed by atoms with Gasteiger partial charge in [-0.3, -0.25) is 5.43 Å². The first-order chi connectivity index (χ1) is 14.9. The van der Waals surface area contributed by atoms with Crippen molar-refractivity contribution in [2.24, 2.45) is 5.10 Å². The van der Waals surface area contributed by atoms with E-state index in [1.807, 2.05) is 0 Å². The summed E-state index contributed by atoms with van der Waals surface area (Å²) in [6, 6.07) is 11.8. The predicted octanol–water partition coefficient (Wildman–Crippen LogP) is 1.44. The summed E-state index contributed by atoms with van der Waals surface area (Å²) in [6.07, 6.45) is -3.32. The van der Waals surface area contributed by atoms with Crippen LogP contribution in [0.4, 0.5) is 24.5 Å². The number of hydrogen-bond donors (Lipinski definition) is 4. The highest BCUT2D eigenvalue weighted by Gasteiger charge is 2.47. The van der Waals surface area contributed by atoms with Crippen molar-refractivity contribution in [2.45, 2.75) is 11.8 Å². The number of nitrogens with one attached hydrogen (secondary N) is 3. The SMILES string of the molecule is CS(=O)(=O)N1CC(O)(CN2NN=C(c3ccccc3Nc3ccc(C(F)(F)F)cc3)N2)C1. The van der Waals surface area contributed by atoms with Gasteiger partial charge in [0.05, 0.1) is 18.4 Å². The third-order valence-corrected chi connectivity index (χ3v) is 6.26. The number of halogens is 3.